The fraction of sp³-hybridized carbons (Fsp3) is 0.227. The number of imidazole rings is 1. The van der Waals surface area contributed by atoms with Crippen molar-refractivity contribution in [2.24, 2.45) is 7.05 Å². The van der Waals surface area contributed by atoms with Crippen molar-refractivity contribution in [2.75, 3.05) is 18.5 Å². The molecule has 2 aromatic heterocycles. The van der Waals surface area contributed by atoms with Crippen molar-refractivity contribution in [3.8, 4) is 0 Å². The van der Waals surface area contributed by atoms with Crippen LogP contribution in [0.2, 0.25) is 5.02 Å². The molecule has 31 heavy (non-hydrogen) atoms. The topological polar surface area (TPSA) is 94.1 Å². The lowest BCUT2D eigenvalue weighted by atomic mass is 10.2. The average molecular weight is 440 g/mol. The summed E-state index contributed by atoms with van der Waals surface area (Å²) >= 11 is 5.95. The number of hydrogen-bond donors (Lipinski definition) is 2. The summed E-state index contributed by atoms with van der Waals surface area (Å²) in [7, 11) is 1.60. The molecule has 4 aromatic rings. The molecule has 2 heterocycles. The Morgan fingerprint density at radius 3 is 2.29 bits per heavy atom. The Balaban J connectivity index is 1.91. The van der Waals surface area contributed by atoms with E-state index in [1.165, 1.54) is 9.13 Å². The molecule has 8 nitrogen and oxygen atoms in total. The molecule has 0 bridgehead atoms. The van der Waals surface area contributed by atoms with Crippen LogP contribution in [0.5, 0.6) is 0 Å². The number of aryl methyl sites for hydroxylation is 1. The van der Waals surface area contributed by atoms with E-state index >= 15 is 0 Å². The molecule has 0 spiro atoms. The second kappa shape index (κ2) is 8.79. The first-order valence-corrected chi connectivity index (χ1v) is 10.2. The van der Waals surface area contributed by atoms with E-state index in [0.717, 1.165) is 11.1 Å². The molecule has 0 saturated heterocycles. The van der Waals surface area contributed by atoms with Gasteiger partial charge in [0.25, 0.3) is 5.56 Å². The van der Waals surface area contributed by atoms with E-state index in [-0.39, 0.29) is 19.7 Å². The Morgan fingerprint density at radius 2 is 1.61 bits per heavy atom. The van der Waals surface area contributed by atoms with Crippen LogP contribution in [0.3, 0.4) is 0 Å². The van der Waals surface area contributed by atoms with Gasteiger partial charge in [-0.25, -0.2) is 4.79 Å². The highest BCUT2D eigenvalue weighted by atomic mass is 35.5. The lowest BCUT2D eigenvalue weighted by Gasteiger charge is -2.12. The number of fused-ring (bicyclic) bond motifs is 1. The van der Waals surface area contributed by atoms with Crippen LogP contribution in [0.25, 0.3) is 11.2 Å². The van der Waals surface area contributed by atoms with Gasteiger partial charge < -0.3 is 10.4 Å². The van der Waals surface area contributed by atoms with Gasteiger partial charge in [0, 0.05) is 18.6 Å². The minimum atomic E-state index is -0.453. The summed E-state index contributed by atoms with van der Waals surface area (Å²) in [6.45, 7) is 0.688. The van der Waals surface area contributed by atoms with E-state index in [9.17, 15) is 14.7 Å². The molecule has 0 fully saturated rings. The fourth-order valence-corrected chi connectivity index (χ4v) is 3.63. The van der Waals surface area contributed by atoms with Gasteiger partial charge in [-0.3, -0.25) is 18.5 Å². The first-order valence-electron chi connectivity index (χ1n) is 9.82. The van der Waals surface area contributed by atoms with Gasteiger partial charge >= 0.3 is 5.69 Å². The van der Waals surface area contributed by atoms with Crippen LogP contribution in [0.1, 0.15) is 11.1 Å². The predicted octanol–water partition coefficient (Wildman–Crippen LogP) is 2.05. The van der Waals surface area contributed by atoms with Crippen LogP contribution in [-0.4, -0.2) is 36.9 Å². The molecule has 0 aliphatic heterocycles. The minimum Gasteiger partial charge on any atom is -0.395 e. The highest BCUT2D eigenvalue weighted by Gasteiger charge is 2.20. The normalized spacial score (nSPS) is 11.2. The molecule has 2 N–H and O–H groups in total. The number of aromatic nitrogens is 4. The van der Waals surface area contributed by atoms with E-state index < -0.39 is 11.2 Å². The summed E-state index contributed by atoms with van der Waals surface area (Å²) in [6.07, 6.45) is 0. The fourth-order valence-electron chi connectivity index (χ4n) is 3.51. The third-order valence-electron chi connectivity index (χ3n) is 5.06. The lowest BCUT2D eigenvalue weighted by Crippen LogP contribution is -2.40. The highest BCUT2D eigenvalue weighted by Crippen LogP contribution is 2.18. The quantitative estimate of drug-likeness (QED) is 0.459. The van der Waals surface area contributed by atoms with E-state index in [1.807, 2.05) is 30.3 Å². The number of aliphatic hydroxyl groups is 1. The minimum absolute atomic E-state index is 0.0890. The van der Waals surface area contributed by atoms with Crippen LogP contribution < -0.4 is 16.6 Å². The zero-order valence-corrected chi connectivity index (χ0v) is 17.7. The SMILES string of the molecule is Cn1c(=O)n(Cc2ccc(Cl)cc2)c(=O)c2c1nc(NCCO)n2Cc1ccccc1. The summed E-state index contributed by atoms with van der Waals surface area (Å²) in [5, 5.41) is 12.9. The van der Waals surface area contributed by atoms with Crippen molar-refractivity contribution in [1.82, 2.24) is 18.7 Å². The number of hydrogen-bond acceptors (Lipinski definition) is 5. The molecule has 2 aromatic carbocycles. The van der Waals surface area contributed by atoms with Crippen LogP contribution in [-0.2, 0) is 20.1 Å². The molecule has 0 atom stereocenters. The van der Waals surface area contributed by atoms with Crippen LogP contribution in [0.4, 0.5) is 5.95 Å². The van der Waals surface area contributed by atoms with Crippen molar-refractivity contribution in [1.29, 1.82) is 0 Å². The molecule has 9 heteroatoms. The standard InChI is InChI=1S/C22H22ClN5O3/c1-26-19-18(20(30)28(22(26)31)14-16-7-9-17(23)10-8-16)27(21(25-19)24-11-12-29)13-15-5-3-2-4-6-15/h2-10,29H,11-14H2,1H3,(H,24,25). The number of nitrogens with one attached hydrogen (secondary N) is 1. The Hall–Kier alpha value is -3.36. The second-order valence-electron chi connectivity index (χ2n) is 7.19. The number of nitrogens with zero attached hydrogens (tertiary/aromatic N) is 4. The van der Waals surface area contributed by atoms with Gasteiger partial charge in [0.1, 0.15) is 0 Å². The second-order valence-corrected chi connectivity index (χ2v) is 7.63. The van der Waals surface area contributed by atoms with Crippen molar-refractivity contribution < 1.29 is 5.11 Å². The molecule has 4 rings (SSSR count). The third-order valence-corrected chi connectivity index (χ3v) is 5.32. The van der Waals surface area contributed by atoms with Crippen molar-refractivity contribution >= 4 is 28.7 Å². The van der Waals surface area contributed by atoms with Crippen molar-refractivity contribution in [3.05, 3.63) is 91.6 Å². The van der Waals surface area contributed by atoms with Crippen LogP contribution >= 0.6 is 11.6 Å². The smallest absolute Gasteiger partial charge is 0.332 e. The summed E-state index contributed by atoms with van der Waals surface area (Å²) < 4.78 is 4.32. The Morgan fingerprint density at radius 1 is 0.968 bits per heavy atom. The molecule has 0 saturated carbocycles. The van der Waals surface area contributed by atoms with E-state index in [0.29, 0.717) is 28.7 Å². The molecule has 0 aliphatic rings. The zero-order chi connectivity index (χ0) is 22.0. The van der Waals surface area contributed by atoms with Crippen LogP contribution in [0.15, 0.2) is 64.2 Å². The Labute approximate surface area is 183 Å². The molecular weight excluding hydrogens is 418 g/mol. The molecule has 0 amide bonds. The van der Waals surface area contributed by atoms with Gasteiger partial charge in [0.2, 0.25) is 5.95 Å². The first-order chi connectivity index (χ1) is 15.0. The molecule has 0 aliphatic carbocycles. The summed E-state index contributed by atoms with van der Waals surface area (Å²) in [5.74, 6) is 0.421. The van der Waals surface area contributed by atoms with E-state index in [2.05, 4.69) is 10.3 Å². The maximum Gasteiger partial charge on any atom is 0.332 e. The number of aliphatic hydroxyl groups excluding tert-OH is 1. The average Bonchev–Trinajstić information content (AvgIpc) is 3.14. The van der Waals surface area contributed by atoms with E-state index in [4.69, 9.17) is 11.6 Å². The maximum absolute atomic E-state index is 13.5. The summed E-state index contributed by atoms with van der Waals surface area (Å²) in [5.41, 5.74) is 1.50. The number of anilines is 1. The molecule has 0 unspecified atom stereocenters. The molecular formula is C22H22ClN5O3. The Bertz CT molecular complexity index is 1320. The molecule has 0 radical (unpaired) electrons. The van der Waals surface area contributed by atoms with Crippen molar-refractivity contribution in [2.45, 2.75) is 13.1 Å². The number of benzene rings is 2. The van der Waals surface area contributed by atoms with Gasteiger partial charge in [-0.05, 0) is 23.3 Å². The zero-order valence-electron chi connectivity index (χ0n) is 17.0. The number of halogens is 1. The van der Waals surface area contributed by atoms with Gasteiger partial charge in [0.15, 0.2) is 11.2 Å². The highest BCUT2D eigenvalue weighted by molar-refractivity contribution is 6.30. The maximum atomic E-state index is 13.5. The van der Waals surface area contributed by atoms with E-state index in [1.54, 1.807) is 35.9 Å². The van der Waals surface area contributed by atoms with Gasteiger partial charge in [0.05, 0.1) is 19.7 Å². The molecule has 160 valence electrons. The lowest BCUT2D eigenvalue weighted by molar-refractivity contribution is 0.310. The number of rotatable bonds is 7. The van der Waals surface area contributed by atoms with Crippen LogP contribution in [0, 0.1) is 0 Å². The monoisotopic (exact) mass is 439 g/mol. The van der Waals surface area contributed by atoms with Crippen molar-refractivity contribution in [3.63, 3.8) is 0 Å². The van der Waals surface area contributed by atoms with Gasteiger partial charge in [-0.2, -0.15) is 4.98 Å². The first kappa shape index (κ1) is 20.9. The predicted molar refractivity (Wildman–Crippen MR) is 121 cm³/mol. The summed E-state index contributed by atoms with van der Waals surface area (Å²) in [4.78, 5) is 30.9. The van der Waals surface area contributed by atoms with Gasteiger partial charge in [-0.1, -0.05) is 54.1 Å². The third kappa shape index (κ3) is 4.12. The Kier molecular flexibility index (Phi) is 5.92. The summed E-state index contributed by atoms with van der Waals surface area (Å²) in [6, 6.07) is 16.7. The largest absolute Gasteiger partial charge is 0.395 e. The van der Waals surface area contributed by atoms with Gasteiger partial charge in [-0.15, -0.1) is 0 Å².